The summed E-state index contributed by atoms with van der Waals surface area (Å²) < 4.78 is 3.61. The zero-order valence-corrected chi connectivity index (χ0v) is 19.1. The van der Waals surface area contributed by atoms with Crippen molar-refractivity contribution in [2.75, 3.05) is 7.05 Å². The van der Waals surface area contributed by atoms with E-state index in [4.69, 9.17) is 4.98 Å². The summed E-state index contributed by atoms with van der Waals surface area (Å²) in [7, 11) is 1.78. The number of carbonyl (C=O) groups is 1. The lowest BCUT2D eigenvalue weighted by atomic mass is 10.2. The van der Waals surface area contributed by atoms with Crippen LogP contribution in [0.2, 0.25) is 0 Å². The molecule has 0 aliphatic carbocycles. The van der Waals surface area contributed by atoms with Gasteiger partial charge in [0, 0.05) is 38.3 Å². The summed E-state index contributed by atoms with van der Waals surface area (Å²) in [6.45, 7) is 3.00. The zero-order chi connectivity index (χ0) is 22.2. The van der Waals surface area contributed by atoms with Gasteiger partial charge in [-0.3, -0.25) is 14.2 Å². The lowest BCUT2D eigenvalue weighted by Crippen LogP contribution is -2.26. The second-order valence-corrected chi connectivity index (χ2v) is 9.32. The van der Waals surface area contributed by atoms with Crippen molar-refractivity contribution in [3.05, 3.63) is 74.9 Å². The van der Waals surface area contributed by atoms with E-state index in [0.717, 1.165) is 48.3 Å². The second-order valence-electron chi connectivity index (χ2n) is 8.32. The molecule has 8 heteroatoms. The summed E-state index contributed by atoms with van der Waals surface area (Å²) in [5.41, 5.74) is 2.64. The van der Waals surface area contributed by atoms with E-state index in [-0.39, 0.29) is 11.5 Å². The molecule has 0 saturated carbocycles. The van der Waals surface area contributed by atoms with Gasteiger partial charge >= 0.3 is 0 Å². The maximum Gasteiger partial charge on any atom is 0.264 e. The molecule has 4 aromatic rings. The summed E-state index contributed by atoms with van der Waals surface area (Å²) in [6, 6.07) is 9.87. The van der Waals surface area contributed by atoms with Crippen LogP contribution in [0.3, 0.4) is 0 Å². The molecule has 0 unspecified atom stereocenters. The average molecular weight is 448 g/mol. The Morgan fingerprint density at radius 1 is 1.19 bits per heavy atom. The van der Waals surface area contributed by atoms with Crippen LogP contribution in [0.25, 0.3) is 15.9 Å². The molecule has 0 saturated heterocycles. The molecule has 3 aromatic heterocycles. The van der Waals surface area contributed by atoms with Gasteiger partial charge in [0.15, 0.2) is 0 Å². The Balaban J connectivity index is 1.42. The van der Waals surface area contributed by atoms with Gasteiger partial charge in [-0.05, 0) is 37.5 Å². The molecule has 164 valence electrons. The smallest absolute Gasteiger partial charge is 0.264 e. The van der Waals surface area contributed by atoms with E-state index in [2.05, 4.69) is 5.10 Å². The Bertz CT molecular complexity index is 1350. The van der Waals surface area contributed by atoms with Gasteiger partial charge in [0.1, 0.15) is 10.7 Å². The summed E-state index contributed by atoms with van der Waals surface area (Å²) in [5, 5.41) is 5.01. The summed E-state index contributed by atoms with van der Waals surface area (Å²) in [4.78, 5) is 34.2. The standard InChI is InChI=1S/C24H25N5O2S/c1-16-20-22(26-19-11-7-4-8-12-28(19)23(20)30)32-21(16)24(31)27(2)14-17-13-25-29(15-17)18-9-5-3-6-10-18/h3,5-6,9-10,13,15H,4,7-8,11-12,14H2,1-2H3. The maximum atomic E-state index is 13.3. The number of amides is 1. The topological polar surface area (TPSA) is 73.0 Å². The molecule has 0 bridgehead atoms. The second kappa shape index (κ2) is 8.35. The van der Waals surface area contributed by atoms with Crippen molar-refractivity contribution in [3.8, 4) is 5.69 Å². The summed E-state index contributed by atoms with van der Waals surface area (Å²) in [5.74, 6) is 0.750. The Labute approximate surface area is 189 Å². The van der Waals surface area contributed by atoms with Gasteiger partial charge in [0.2, 0.25) is 0 Å². The van der Waals surface area contributed by atoms with Gasteiger partial charge in [0.05, 0.1) is 22.1 Å². The molecule has 0 radical (unpaired) electrons. The first-order chi connectivity index (χ1) is 15.5. The van der Waals surface area contributed by atoms with E-state index in [9.17, 15) is 9.59 Å². The minimum Gasteiger partial charge on any atom is -0.337 e. The van der Waals surface area contributed by atoms with E-state index in [1.54, 1.807) is 22.8 Å². The number of rotatable bonds is 4. The summed E-state index contributed by atoms with van der Waals surface area (Å²) in [6.07, 6.45) is 7.69. The van der Waals surface area contributed by atoms with Crippen LogP contribution in [0.15, 0.2) is 47.5 Å². The van der Waals surface area contributed by atoms with Crippen LogP contribution in [0.4, 0.5) is 0 Å². The monoisotopic (exact) mass is 447 g/mol. The van der Waals surface area contributed by atoms with E-state index >= 15 is 0 Å². The van der Waals surface area contributed by atoms with Crippen LogP contribution in [0.5, 0.6) is 0 Å². The first kappa shape index (κ1) is 20.6. The van der Waals surface area contributed by atoms with Crippen molar-refractivity contribution in [1.82, 2.24) is 24.2 Å². The summed E-state index contributed by atoms with van der Waals surface area (Å²) >= 11 is 1.33. The molecule has 0 N–H and O–H groups in total. The van der Waals surface area contributed by atoms with Crippen LogP contribution in [0, 0.1) is 6.92 Å². The molecular weight excluding hydrogens is 422 g/mol. The highest BCUT2D eigenvalue weighted by atomic mass is 32.1. The fourth-order valence-corrected chi connectivity index (χ4v) is 5.48. The highest BCUT2D eigenvalue weighted by Gasteiger charge is 2.24. The average Bonchev–Trinajstić information content (AvgIpc) is 3.31. The molecule has 0 fully saturated rings. The molecule has 4 heterocycles. The molecule has 0 spiro atoms. The Hall–Kier alpha value is -3.26. The fourth-order valence-electron chi connectivity index (χ4n) is 4.30. The Kier molecular flexibility index (Phi) is 5.38. The Morgan fingerprint density at radius 2 is 2.00 bits per heavy atom. The van der Waals surface area contributed by atoms with Crippen LogP contribution in [-0.2, 0) is 19.5 Å². The SMILES string of the molecule is Cc1c(C(=O)N(C)Cc2cnn(-c3ccccc3)c2)sc2nc3n(c(=O)c12)CCCCC3. The quantitative estimate of drug-likeness (QED) is 0.475. The lowest BCUT2D eigenvalue weighted by Gasteiger charge is -2.15. The van der Waals surface area contributed by atoms with E-state index < -0.39 is 0 Å². The van der Waals surface area contributed by atoms with Crippen LogP contribution >= 0.6 is 11.3 Å². The van der Waals surface area contributed by atoms with Crippen LogP contribution < -0.4 is 5.56 Å². The van der Waals surface area contributed by atoms with Gasteiger partial charge in [-0.15, -0.1) is 11.3 Å². The first-order valence-corrected chi connectivity index (χ1v) is 11.7. The minimum atomic E-state index is -0.0995. The normalized spacial score (nSPS) is 13.7. The Morgan fingerprint density at radius 3 is 2.81 bits per heavy atom. The van der Waals surface area contributed by atoms with E-state index in [1.807, 2.05) is 48.0 Å². The molecular formula is C24H25N5O2S. The number of aryl methyl sites for hydroxylation is 2. The van der Waals surface area contributed by atoms with Crippen molar-refractivity contribution in [3.63, 3.8) is 0 Å². The van der Waals surface area contributed by atoms with Crippen molar-refractivity contribution in [2.24, 2.45) is 0 Å². The van der Waals surface area contributed by atoms with Gasteiger partial charge in [-0.2, -0.15) is 5.10 Å². The highest BCUT2D eigenvalue weighted by Crippen LogP contribution is 2.29. The molecule has 32 heavy (non-hydrogen) atoms. The van der Waals surface area contributed by atoms with Gasteiger partial charge in [-0.1, -0.05) is 24.6 Å². The third kappa shape index (κ3) is 3.64. The lowest BCUT2D eigenvalue weighted by molar-refractivity contribution is 0.0789. The molecule has 1 amide bonds. The predicted molar refractivity (Wildman–Crippen MR) is 126 cm³/mol. The predicted octanol–water partition coefficient (Wildman–Crippen LogP) is 3.95. The largest absolute Gasteiger partial charge is 0.337 e. The number of benzene rings is 1. The molecule has 1 aromatic carbocycles. The molecule has 1 aliphatic heterocycles. The van der Waals surface area contributed by atoms with E-state index in [1.165, 1.54) is 11.3 Å². The number of hydrogen-bond donors (Lipinski definition) is 0. The van der Waals surface area contributed by atoms with Gasteiger partial charge in [-0.25, -0.2) is 9.67 Å². The first-order valence-electron chi connectivity index (χ1n) is 10.9. The number of fused-ring (bicyclic) bond motifs is 2. The van der Waals surface area contributed by atoms with Crippen molar-refractivity contribution < 1.29 is 4.79 Å². The molecule has 7 nitrogen and oxygen atoms in total. The number of para-hydroxylation sites is 1. The number of hydrogen-bond acceptors (Lipinski definition) is 5. The van der Waals surface area contributed by atoms with Crippen LogP contribution in [0.1, 0.15) is 45.9 Å². The number of aromatic nitrogens is 4. The third-order valence-electron chi connectivity index (χ3n) is 6.03. The minimum absolute atomic E-state index is 0.00788. The molecule has 1 aliphatic rings. The van der Waals surface area contributed by atoms with Crippen molar-refractivity contribution in [1.29, 1.82) is 0 Å². The fraction of sp³-hybridized carbons (Fsp3) is 0.333. The maximum absolute atomic E-state index is 13.3. The van der Waals surface area contributed by atoms with Gasteiger partial charge in [0.25, 0.3) is 11.5 Å². The third-order valence-corrected chi connectivity index (χ3v) is 7.20. The van der Waals surface area contributed by atoms with Crippen LogP contribution in [-0.4, -0.2) is 37.2 Å². The van der Waals surface area contributed by atoms with Crippen molar-refractivity contribution in [2.45, 2.75) is 45.7 Å². The number of thiophene rings is 1. The zero-order valence-electron chi connectivity index (χ0n) is 18.2. The van der Waals surface area contributed by atoms with Crippen molar-refractivity contribution >= 4 is 27.5 Å². The number of carbonyl (C=O) groups excluding carboxylic acids is 1. The number of nitrogens with zero attached hydrogens (tertiary/aromatic N) is 5. The molecule has 5 rings (SSSR count). The van der Waals surface area contributed by atoms with Gasteiger partial charge < -0.3 is 4.90 Å². The molecule has 0 atom stereocenters. The van der Waals surface area contributed by atoms with E-state index in [0.29, 0.717) is 28.2 Å². The highest BCUT2D eigenvalue weighted by molar-refractivity contribution is 7.20.